The van der Waals surface area contributed by atoms with E-state index < -0.39 is 28.9 Å². The van der Waals surface area contributed by atoms with Gasteiger partial charge in [0.2, 0.25) is 0 Å². The van der Waals surface area contributed by atoms with E-state index in [-0.39, 0.29) is 23.0 Å². The first-order valence-corrected chi connectivity index (χ1v) is 10.8. The highest BCUT2D eigenvalue weighted by molar-refractivity contribution is 5.47. The van der Waals surface area contributed by atoms with Crippen molar-refractivity contribution >= 4 is 11.4 Å². The van der Waals surface area contributed by atoms with Crippen LogP contribution in [0.25, 0.3) is 0 Å². The van der Waals surface area contributed by atoms with Crippen LogP contribution in [0.3, 0.4) is 0 Å². The molecular weight excluding hydrogens is 498 g/mol. The number of hydrogen-bond donors (Lipinski definition) is 2. The number of alkyl halides is 6. The minimum atomic E-state index is -5.95. The van der Waals surface area contributed by atoms with E-state index in [0.717, 1.165) is 24.3 Å². The number of nitrogens with two attached hydrogens (primary N) is 2. The van der Waals surface area contributed by atoms with Crippen LogP contribution in [0.1, 0.15) is 11.1 Å². The Kier molecular flexibility index (Phi) is 6.68. The van der Waals surface area contributed by atoms with Gasteiger partial charge in [0.05, 0.1) is 0 Å². The van der Waals surface area contributed by atoms with Gasteiger partial charge in [-0.3, -0.25) is 0 Å². The fraction of sp³-hybridized carbons (Fsp3) is 0.111. The summed E-state index contributed by atoms with van der Waals surface area (Å²) in [7, 11) is 0. The third kappa shape index (κ3) is 5.13. The van der Waals surface area contributed by atoms with Crippen molar-refractivity contribution in [3.8, 4) is 23.0 Å². The van der Waals surface area contributed by atoms with Crippen molar-refractivity contribution in [3.05, 3.63) is 108 Å². The zero-order chi connectivity index (χ0) is 26.8. The summed E-state index contributed by atoms with van der Waals surface area (Å²) in [5.41, 5.74) is 4.55. The molecule has 0 saturated heterocycles. The average molecular weight is 518 g/mol. The normalized spacial score (nSPS) is 13.6. The molecule has 1 atom stereocenters. The number of ether oxygens (including phenoxy) is 2. The van der Waals surface area contributed by atoms with Crippen molar-refractivity contribution in [1.29, 1.82) is 0 Å². The summed E-state index contributed by atoms with van der Waals surface area (Å²) in [6.45, 7) is 0. The lowest BCUT2D eigenvalue weighted by atomic mass is 9.84. The lowest BCUT2D eigenvalue weighted by Crippen LogP contribution is -2.51. The van der Waals surface area contributed by atoms with Crippen molar-refractivity contribution in [1.82, 2.24) is 0 Å². The molecule has 4 nitrogen and oxygen atoms in total. The molecule has 0 aromatic heterocycles. The van der Waals surface area contributed by atoms with Gasteiger partial charge in [0, 0.05) is 34.6 Å². The van der Waals surface area contributed by atoms with Gasteiger partial charge in [0.1, 0.15) is 23.0 Å². The number of halogens is 6. The Morgan fingerprint density at radius 3 is 1.27 bits per heavy atom. The third-order valence-electron chi connectivity index (χ3n) is 5.48. The molecule has 0 fully saturated rings. The zero-order valence-corrected chi connectivity index (χ0v) is 19.0. The molecule has 1 unspecified atom stereocenters. The Hall–Kier alpha value is -4.34. The molecule has 0 aliphatic heterocycles. The van der Waals surface area contributed by atoms with Crippen LogP contribution < -0.4 is 20.9 Å². The van der Waals surface area contributed by atoms with Crippen LogP contribution in [0.4, 0.5) is 37.7 Å². The number of rotatable bonds is 7. The van der Waals surface area contributed by atoms with Crippen LogP contribution in [0, 0.1) is 0 Å². The van der Waals surface area contributed by atoms with Crippen molar-refractivity contribution in [3.63, 3.8) is 0 Å². The van der Waals surface area contributed by atoms with Crippen LogP contribution >= 0.6 is 0 Å². The molecule has 4 N–H and O–H groups in total. The van der Waals surface area contributed by atoms with E-state index in [1.807, 2.05) is 0 Å². The maximum absolute atomic E-state index is 15.6. The molecule has 4 aromatic carbocycles. The fourth-order valence-corrected chi connectivity index (χ4v) is 3.64. The average Bonchev–Trinajstić information content (AvgIpc) is 2.84. The molecule has 0 radical (unpaired) electrons. The maximum Gasteiger partial charge on any atom is 0.433 e. The molecule has 10 heteroatoms. The smallest absolute Gasteiger partial charge is 0.433 e. The Morgan fingerprint density at radius 2 is 0.892 bits per heavy atom. The zero-order valence-electron chi connectivity index (χ0n) is 19.0. The van der Waals surface area contributed by atoms with Crippen molar-refractivity contribution in [2.45, 2.75) is 17.8 Å². The molecule has 0 spiro atoms. The molecular formula is C27H20F6N2O2. The summed E-state index contributed by atoms with van der Waals surface area (Å²) >= 11 is 0. The van der Waals surface area contributed by atoms with Gasteiger partial charge >= 0.3 is 12.1 Å². The lowest BCUT2D eigenvalue weighted by molar-refractivity contribution is -0.314. The molecule has 37 heavy (non-hydrogen) atoms. The second kappa shape index (κ2) is 9.61. The Balaban J connectivity index is 1.63. The summed E-state index contributed by atoms with van der Waals surface area (Å²) in [4.78, 5) is 0. The van der Waals surface area contributed by atoms with Gasteiger partial charge in [-0.2, -0.15) is 22.0 Å². The monoisotopic (exact) mass is 518 g/mol. The Labute approximate surface area is 208 Å². The van der Waals surface area contributed by atoms with Gasteiger partial charge in [0.15, 0.2) is 0 Å². The van der Waals surface area contributed by atoms with E-state index >= 15 is 13.2 Å². The Morgan fingerprint density at radius 1 is 0.486 bits per heavy atom. The molecule has 0 aliphatic rings. The predicted octanol–water partition coefficient (Wildman–Crippen LogP) is 7.95. The van der Waals surface area contributed by atoms with Gasteiger partial charge in [-0.15, -0.1) is 0 Å². The minimum absolute atomic E-state index is 0.00485. The van der Waals surface area contributed by atoms with Crippen LogP contribution in [-0.4, -0.2) is 6.18 Å². The minimum Gasteiger partial charge on any atom is -0.457 e. The molecule has 0 bridgehead atoms. The van der Waals surface area contributed by atoms with Gasteiger partial charge in [-0.1, -0.05) is 24.3 Å². The first-order chi connectivity index (χ1) is 17.4. The van der Waals surface area contributed by atoms with E-state index in [1.54, 1.807) is 30.3 Å². The van der Waals surface area contributed by atoms with Gasteiger partial charge in [-0.25, -0.2) is 4.39 Å². The van der Waals surface area contributed by atoms with Crippen molar-refractivity contribution in [2.24, 2.45) is 0 Å². The quantitative estimate of drug-likeness (QED) is 0.192. The SMILES string of the molecule is Nc1cccc(Oc2ccc(C(F)(F)C(F)(c3ccc(Oc4cccc(N)c4)cc3)C(F)(F)F)cc2)c1. The van der Waals surface area contributed by atoms with Crippen molar-refractivity contribution < 1.29 is 35.8 Å². The summed E-state index contributed by atoms with van der Waals surface area (Å²) < 4.78 is 98.9. The third-order valence-corrected chi connectivity index (χ3v) is 5.48. The first kappa shape index (κ1) is 25.7. The summed E-state index contributed by atoms with van der Waals surface area (Å²) in [5, 5.41) is 0. The highest BCUT2D eigenvalue weighted by Gasteiger charge is 2.72. The number of benzene rings is 4. The van der Waals surface area contributed by atoms with E-state index in [0.29, 0.717) is 35.6 Å². The molecule has 0 amide bonds. The highest BCUT2D eigenvalue weighted by Crippen LogP contribution is 2.57. The van der Waals surface area contributed by atoms with Gasteiger partial charge < -0.3 is 20.9 Å². The summed E-state index contributed by atoms with van der Waals surface area (Å²) in [6, 6.07) is 18.9. The topological polar surface area (TPSA) is 70.5 Å². The van der Waals surface area contributed by atoms with E-state index in [2.05, 4.69) is 0 Å². The van der Waals surface area contributed by atoms with E-state index in [1.165, 1.54) is 18.2 Å². The van der Waals surface area contributed by atoms with Crippen LogP contribution in [-0.2, 0) is 11.6 Å². The molecule has 4 aromatic rings. The predicted molar refractivity (Wildman–Crippen MR) is 127 cm³/mol. The highest BCUT2D eigenvalue weighted by atomic mass is 19.4. The van der Waals surface area contributed by atoms with Crippen LogP contribution in [0.15, 0.2) is 97.1 Å². The molecule has 0 heterocycles. The van der Waals surface area contributed by atoms with Crippen LogP contribution in [0.2, 0.25) is 0 Å². The summed E-state index contributed by atoms with van der Waals surface area (Å²) in [6.07, 6.45) is -5.95. The van der Waals surface area contributed by atoms with E-state index in [9.17, 15) is 13.2 Å². The molecule has 0 saturated carbocycles. The molecule has 0 aliphatic carbocycles. The number of anilines is 2. The fourth-order valence-electron chi connectivity index (χ4n) is 3.64. The second-order valence-corrected chi connectivity index (χ2v) is 8.13. The van der Waals surface area contributed by atoms with Crippen LogP contribution in [0.5, 0.6) is 23.0 Å². The Bertz CT molecular complexity index is 1380. The standard InChI is InChI=1S/C27H20F6N2O2/c28-25(27(31,32)33,17-7-11-21(12-8-17)36-23-5-1-3-19(34)15-23)26(29,30)18-9-13-22(14-10-18)37-24-6-2-4-20(35)16-24/h1-16H,34-35H2. The number of hydrogen-bond acceptors (Lipinski definition) is 4. The second-order valence-electron chi connectivity index (χ2n) is 8.13. The largest absolute Gasteiger partial charge is 0.457 e. The maximum atomic E-state index is 15.6. The van der Waals surface area contributed by atoms with Gasteiger partial charge in [-0.05, 0) is 60.7 Å². The first-order valence-electron chi connectivity index (χ1n) is 10.8. The summed E-state index contributed by atoms with van der Waals surface area (Å²) in [5.74, 6) is -4.39. The van der Waals surface area contributed by atoms with Crippen molar-refractivity contribution in [2.75, 3.05) is 11.5 Å². The van der Waals surface area contributed by atoms with Gasteiger partial charge in [0.25, 0.3) is 5.67 Å². The number of nitrogen functional groups attached to an aromatic ring is 2. The lowest BCUT2D eigenvalue weighted by Gasteiger charge is -2.35. The molecule has 192 valence electrons. The van der Waals surface area contributed by atoms with E-state index in [4.69, 9.17) is 20.9 Å². The molecule has 4 rings (SSSR count).